The third-order valence-corrected chi connectivity index (χ3v) is 5.44. The van der Waals surface area contributed by atoms with Gasteiger partial charge in [-0.05, 0) is 51.2 Å². The van der Waals surface area contributed by atoms with Gasteiger partial charge < -0.3 is 19.5 Å². The Morgan fingerprint density at radius 3 is 2.89 bits per heavy atom. The van der Waals surface area contributed by atoms with Crippen molar-refractivity contribution in [2.45, 2.75) is 45.6 Å². The summed E-state index contributed by atoms with van der Waals surface area (Å²) in [5, 5.41) is 3.01. The van der Waals surface area contributed by atoms with Gasteiger partial charge in [0.25, 0.3) is 0 Å². The number of para-hydroxylation sites is 2. The zero-order chi connectivity index (χ0) is 18.8. The molecule has 1 aromatic carbocycles. The first kappa shape index (κ1) is 17.9. The first-order chi connectivity index (χ1) is 13.2. The first-order valence-corrected chi connectivity index (χ1v) is 9.96. The van der Waals surface area contributed by atoms with Gasteiger partial charge in [0.05, 0.1) is 12.3 Å². The number of ether oxygens (including phenoxy) is 1. The van der Waals surface area contributed by atoms with Gasteiger partial charge in [0.2, 0.25) is 0 Å². The van der Waals surface area contributed by atoms with Crippen molar-refractivity contribution in [3.8, 4) is 5.75 Å². The Balaban J connectivity index is 1.36. The van der Waals surface area contributed by atoms with Gasteiger partial charge in [0.15, 0.2) is 0 Å². The van der Waals surface area contributed by atoms with Crippen molar-refractivity contribution in [3.05, 3.63) is 42.0 Å². The highest BCUT2D eigenvalue weighted by atomic mass is 16.5. The number of urea groups is 1. The molecule has 2 amide bonds. The van der Waals surface area contributed by atoms with Crippen molar-refractivity contribution in [3.63, 3.8) is 0 Å². The lowest BCUT2D eigenvalue weighted by Crippen LogP contribution is -2.33. The molecule has 144 valence electrons. The van der Waals surface area contributed by atoms with Crippen LogP contribution in [-0.4, -0.2) is 40.2 Å². The highest BCUT2D eigenvalue weighted by Crippen LogP contribution is 2.37. The maximum atomic E-state index is 12.7. The number of amides is 2. The van der Waals surface area contributed by atoms with E-state index in [0.29, 0.717) is 24.3 Å². The quantitative estimate of drug-likeness (QED) is 0.838. The second-order valence-corrected chi connectivity index (χ2v) is 7.58. The molecule has 2 aliphatic rings. The molecule has 6 nitrogen and oxygen atoms in total. The fourth-order valence-electron chi connectivity index (χ4n) is 3.97. The molecule has 0 radical (unpaired) electrons. The van der Waals surface area contributed by atoms with Crippen molar-refractivity contribution in [2.24, 2.45) is 5.92 Å². The number of hydrogen-bond acceptors (Lipinski definition) is 3. The van der Waals surface area contributed by atoms with Crippen LogP contribution in [0, 0.1) is 12.8 Å². The maximum absolute atomic E-state index is 12.7. The van der Waals surface area contributed by atoms with Gasteiger partial charge in [-0.1, -0.05) is 12.1 Å². The molecule has 2 aromatic rings. The molecule has 0 bridgehead atoms. The van der Waals surface area contributed by atoms with E-state index in [2.05, 4.69) is 21.8 Å². The van der Waals surface area contributed by atoms with Crippen LogP contribution in [0.5, 0.6) is 5.75 Å². The van der Waals surface area contributed by atoms with E-state index >= 15 is 0 Å². The van der Waals surface area contributed by atoms with Gasteiger partial charge in [-0.2, -0.15) is 0 Å². The standard InChI is InChI=1S/C21H28N4O2/c1-3-27-19-7-5-4-6-18(19)23-21(26)24-11-10-16(14-24)12-20-22-13-15(2)25(20)17-8-9-17/h4-7,13,16-17H,3,8-12,14H2,1-2H3,(H,23,26). The van der Waals surface area contributed by atoms with Gasteiger partial charge in [-0.15, -0.1) is 0 Å². The minimum atomic E-state index is -0.0497. The van der Waals surface area contributed by atoms with E-state index < -0.39 is 0 Å². The number of anilines is 1. The van der Waals surface area contributed by atoms with Gasteiger partial charge in [0, 0.05) is 37.4 Å². The summed E-state index contributed by atoms with van der Waals surface area (Å²) in [4.78, 5) is 19.2. The van der Waals surface area contributed by atoms with E-state index in [9.17, 15) is 4.79 Å². The van der Waals surface area contributed by atoms with Gasteiger partial charge in [0.1, 0.15) is 11.6 Å². The van der Waals surface area contributed by atoms with Crippen LogP contribution in [0.1, 0.15) is 43.7 Å². The Hall–Kier alpha value is -2.50. The number of benzene rings is 1. The molecule has 27 heavy (non-hydrogen) atoms. The fourth-order valence-corrected chi connectivity index (χ4v) is 3.97. The lowest BCUT2D eigenvalue weighted by Gasteiger charge is -2.19. The minimum Gasteiger partial charge on any atom is -0.492 e. The van der Waals surface area contributed by atoms with Crippen LogP contribution in [0.15, 0.2) is 30.5 Å². The normalized spacial score (nSPS) is 19.3. The summed E-state index contributed by atoms with van der Waals surface area (Å²) in [6, 6.07) is 8.18. The Bertz CT molecular complexity index is 812. The van der Waals surface area contributed by atoms with E-state index in [0.717, 1.165) is 31.6 Å². The van der Waals surface area contributed by atoms with Crippen LogP contribution < -0.4 is 10.1 Å². The molecule has 1 atom stereocenters. The molecule has 6 heteroatoms. The van der Waals surface area contributed by atoms with E-state index in [4.69, 9.17) is 4.74 Å². The average molecular weight is 368 g/mol. The number of carbonyl (C=O) groups is 1. The molecule has 1 aliphatic heterocycles. The largest absolute Gasteiger partial charge is 0.492 e. The topological polar surface area (TPSA) is 59.4 Å². The Kier molecular flexibility index (Phi) is 5.05. The smallest absolute Gasteiger partial charge is 0.321 e. The molecule has 1 saturated carbocycles. The molecule has 4 rings (SSSR count). The first-order valence-electron chi connectivity index (χ1n) is 9.96. The van der Waals surface area contributed by atoms with Crippen molar-refractivity contribution >= 4 is 11.7 Å². The maximum Gasteiger partial charge on any atom is 0.321 e. The highest BCUT2D eigenvalue weighted by Gasteiger charge is 2.31. The second kappa shape index (κ2) is 7.62. The van der Waals surface area contributed by atoms with Crippen LogP contribution in [0.4, 0.5) is 10.5 Å². The van der Waals surface area contributed by atoms with Crippen LogP contribution in [0.25, 0.3) is 0 Å². The molecule has 1 unspecified atom stereocenters. The summed E-state index contributed by atoms with van der Waals surface area (Å²) >= 11 is 0. The average Bonchev–Trinajstić information content (AvgIpc) is 3.27. The predicted octanol–water partition coefficient (Wildman–Crippen LogP) is 4.02. The Morgan fingerprint density at radius 2 is 2.11 bits per heavy atom. The fraction of sp³-hybridized carbons (Fsp3) is 0.524. The van der Waals surface area contributed by atoms with Crippen LogP contribution in [0.3, 0.4) is 0 Å². The zero-order valence-corrected chi connectivity index (χ0v) is 16.1. The highest BCUT2D eigenvalue weighted by molar-refractivity contribution is 5.91. The summed E-state index contributed by atoms with van der Waals surface area (Å²) in [6.45, 7) is 6.22. The summed E-state index contributed by atoms with van der Waals surface area (Å²) < 4.78 is 8.00. The number of aromatic nitrogens is 2. The van der Waals surface area contributed by atoms with Gasteiger partial charge in [-0.25, -0.2) is 9.78 Å². The molecular weight excluding hydrogens is 340 g/mol. The number of hydrogen-bond donors (Lipinski definition) is 1. The van der Waals surface area contributed by atoms with Crippen molar-refractivity contribution in [1.29, 1.82) is 0 Å². The number of rotatable bonds is 6. The van der Waals surface area contributed by atoms with Crippen molar-refractivity contribution < 1.29 is 9.53 Å². The predicted molar refractivity (Wildman–Crippen MR) is 105 cm³/mol. The molecule has 0 spiro atoms. The molecule has 2 fully saturated rings. The number of aryl methyl sites for hydroxylation is 1. The van der Waals surface area contributed by atoms with Crippen molar-refractivity contribution in [2.75, 3.05) is 25.0 Å². The zero-order valence-electron chi connectivity index (χ0n) is 16.1. The molecule has 1 N–H and O–H groups in total. The lowest BCUT2D eigenvalue weighted by molar-refractivity contribution is 0.220. The third kappa shape index (κ3) is 3.94. The Morgan fingerprint density at radius 1 is 1.30 bits per heavy atom. The summed E-state index contributed by atoms with van der Waals surface area (Å²) in [7, 11) is 0. The minimum absolute atomic E-state index is 0.0497. The lowest BCUT2D eigenvalue weighted by atomic mass is 10.0. The number of carbonyl (C=O) groups excluding carboxylic acids is 1. The molecule has 1 saturated heterocycles. The van der Waals surface area contributed by atoms with E-state index in [1.165, 1.54) is 24.4 Å². The van der Waals surface area contributed by atoms with Crippen LogP contribution in [0.2, 0.25) is 0 Å². The van der Waals surface area contributed by atoms with Crippen LogP contribution >= 0.6 is 0 Å². The summed E-state index contributed by atoms with van der Waals surface area (Å²) in [5.41, 5.74) is 1.99. The van der Waals surface area contributed by atoms with Gasteiger partial charge >= 0.3 is 6.03 Å². The SMILES string of the molecule is CCOc1ccccc1NC(=O)N1CCC(Cc2ncc(C)n2C2CC2)C1. The monoisotopic (exact) mass is 368 g/mol. The van der Waals surface area contributed by atoms with Crippen LogP contribution in [-0.2, 0) is 6.42 Å². The second-order valence-electron chi connectivity index (χ2n) is 7.58. The third-order valence-electron chi connectivity index (χ3n) is 5.44. The van der Waals surface area contributed by atoms with E-state index in [1.807, 2.05) is 42.3 Å². The Labute approximate surface area is 160 Å². The number of nitrogens with zero attached hydrogens (tertiary/aromatic N) is 3. The number of likely N-dealkylation sites (tertiary alicyclic amines) is 1. The van der Waals surface area contributed by atoms with E-state index in [-0.39, 0.29) is 6.03 Å². The van der Waals surface area contributed by atoms with E-state index in [1.54, 1.807) is 0 Å². The summed E-state index contributed by atoms with van der Waals surface area (Å²) in [5.74, 6) is 2.37. The van der Waals surface area contributed by atoms with Crippen molar-refractivity contribution in [1.82, 2.24) is 14.5 Å². The number of nitrogens with one attached hydrogen (secondary N) is 1. The molecular formula is C21H28N4O2. The number of imidazole rings is 1. The van der Waals surface area contributed by atoms with Gasteiger partial charge in [-0.3, -0.25) is 0 Å². The summed E-state index contributed by atoms with van der Waals surface area (Å²) in [6.07, 6.45) is 6.49. The molecule has 1 aromatic heterocycles. The molecule has 2 heterocycles. The molecule has 1 aliphatic carbocycles.